The van der Waals surface area contributed by atoms with Crippen LogP contribution in [0.3, 0.4) is 0 Å². The number of aliphatic hydroxyl groups is 1. The molecule has 6 heteroatoms. The van der Waals surface area contributed by atoms with Crippen LogP contribution in [0.4, 0.5) is 0 Å². The molecule has 3 N–H and O–H groups in total. The summed E-state index contributed by atoms with van der Waals surface area (Å²) in [4.78, 5) is -1.35. The SMILES string of the molecule is CCCCCCCCCCC(C)(NCCO)S(=O)(=O)O. The zero-order valence-electron chi connectivity index (χ0n) is 12.9. The fourth-order valence-electron chi connectivity index (χ4n) is 2.23. The van der Waals surface area contributed by atoms with E-state index in [0.29, 0.717) is 6.42 Å². The summed E-state index contributed by atoms with van der Waals surface area (Å²) in [5, 5.41) is 11.5. The summed E-state index contributed by atoms with van der Waals surface area (Å²) >= 11 is 0. The van der Waals surface area contributed by atoms with E-state index in [1.807, 2.05) is 0 Å². The zero-order valence-corrected chi connectivity index (χ0v) is 13.7. The van der Waals surface area contributed by atoms with E-state index >= 15 is 0 Å². The minimum atomic E-state index is -4.16. The predicted octanol–water partition coefficient (Wildman–Crippen LogP) is 2.70. The van der Waals surface area contributed by atoms with Gasteiger partial charge >= 0.3 is 0 Å². The highest BCUT2D eigenvalue weighted by molar-refractivity contribution is 7.87. The molecule has 0 amide bonds. The molecule has 0 radical (unpaired) electrons. The fraction of sp³-hybridized carbons (Fsp3) is 1.00. The van der Waals surface area contributed by atoms with Crippen LogP contribution in [0.1, 0.15) is 71.6 Å². The Hall–Kier alpha value is -0.170. The summed E-state index contributed by atoms with van der Waals surface area (Å²) in [5.41, 5.74) is 0. The van der Waals surface area contributed by atoms with Crippen molar-refractivity contribution in [2.75, 3.05) is 13.2 Å². The molecule has 5 nitrogen and oxygen atoms in total. The molecule has 0 spiro atoms. The van der Waals surface area contributed by atoms with Crippen molar-refractivity contribution < 1.29 is 18.1 Å². The van der Waals surface area contributed by atoms with Crippen molar-refractivity contribution in [1.29, 1.82) is 0 Å². The maximum absolute atomic E-state index is 11.4. The lowest BCUT2D eigenvalue weighted by Gasteiger charge is -2.27. The Morgan fingerprint density at radius 2 is 1.50 bits per heavy atom. The van der Waals surface area contributed by atoms with Gasteiger partial charge in [-0.3, -0.25) is 9.87 Å². The van der Waals surface area contributed by atoms with E-state index in [-0.39, 0.29) is 13.2 Å². The van der Waals surface area contributed by atoms with E-state index in [1.165, 1.54) is 39.0 Å². The molecule has 0 aromatic carbocycles. The first kappa shape index (κ1) is 19.8. The van der Waals surface area contributed by atoms with Gasteiger partial charge in [-0.15, -0.1) is 0 Å². The molecule has 0 saturated carbocycles. The molecule has 0 aromatic rings. The molecular formula is C14H31NO4S. The molecule has 0 aliphatic carbocycles. The maximum Gasteiger partial charge on any atom is 0.283 e. The first-order valence-corrected chi connectivity index (χ1v) is 9.14. The van der Waals surface area contributed by atoms with Gasteiger partial charge in [-0.1, -0.05) is 58.3 Å². The van der Waals surface area contributed by atoms with Crippen LogP contribution in [-0.2, 0) is 10.1 Å². The van der Waals surface area contributed by atoms with Gasteiger partial charge in [0.25, 0.3) is 10.1 Å². The van der Waals surface area contributed by atoms with E-state index in [2.05, 4.69) is 12.2 Å². The molecule has 122 valence electrons. The third kappa shape index (κ3) is 8.19. The fourth-order valence-corrected chi connectivity index (χ4v) is 2.91. The van der Waals surface area contributed by atoms with Crippen molar-refractivity contribution in [2.24, 2.45) is 0 Å². The summed E-state index contributed by atoms with van der Waals surface area (Å²) in [7, 11) is -4.16. The highest BCUT2D eigenvalue weighted by Gasteiger charge is 2.36. The monoisotopic (exact) mass is 309 g/mol. The van der Waals surface area contributed by atoms with E-state index in [0.717, 1.165) is 19.3 Å². The Balaban J connectivity index is 3.92. The van der Waals surface area contributed by atoms with Crippen molar-refractivity contribution in [3.05, 3.63) is 0 Å². The van der Waals surface area contributed by atoms with Crippen molar-refractivity contribution in [1.82, 2.24) is 5.32 Å². The average molecular weight is 309 g/mol. The molecule has 0 aliphatic heterocycles. The van der Waals surface area contributed by atoms with Gasteiger partial charge < -0.3 is 5.11 Å². The van der Waals surface area contributed by atoms with Crippen LogP contribution in [0.15, 0.2) is 0 Å². The van der Waals surface area contributed by atoms with Crippen LogP contribution < -0.4 is 5.32 Å². The second-order valence-electron chi connectivity index (χ2n) is 5.58. The minimum absolute atomic E-state index is 0.150. The minimum Gasteiger partial charge on any atom is -0.395 e. The van der Waals surface area contributed by atoms with Gasteiger partial charge in [0.2, 0.25) is 0 Å². The third-order valence-electron chi connectivity index (χ3n) is 3.69. The highest BCUT2D eigenvalue weighted by Crippen LogP contribution is 2.21. The molecule has 1 atom stereocenters. The van der Waals surface area contributed by atoms with Gasteiger partial charge in [0.1, 0.15) is 4.87 Å². The lowest BCUT2D eigenvalue weighted by Crippen LogP contribution is -2.50. The van der Waals surface area contributed by atoms with Gasteiger partial charge in [-0.2, -0.15) is 8.42 Å². The number of aliphatic hydroxyl groups excluding tert-OH is 1. The van der Waals surface area contributed by atoms with Gasteiger partial charge in [0, 0.05) is 6.54 Å². The Labute approximate surface area is 123 Å². The van der Waals surface area contributed by atoms with E-state index in [1.54, 1.807) is 0 Å². The molecule has 0 aromatic heterocycles. The van der Waals surface area contributed by atoms with E-state index < -0.39 is 15.0 Å². The number of hydrogen-bond donors (Lipinski definition) is 3. The summed E-state index contributed by atoms with van der Waals surface area (Å²) in [6.45, 7) is 3.67. The number of rotatable bonds is 13. The quantitative estimate of drug-likeness (QED) is 0.360. The van der Waals surface area contributed by atoms with Crippen LogP contribution in [0, 0.1) is 0 Å². The third-order valence-corrected chi connectivity index (χ3v) is 5.17. The Morgan fingerprint density at radius 1 is 1.00 bits per heavy atom. The standard InChI is InChI=1S/C14H31NO4S/c1-3-4-5-6-7-8-9-10-11-14(2,15-12-13-16)20(17,18)19/h15-16H,3-13H2,1-2H3,(H,17,18,19). The molecule has 0 aliphatic rings. The summed E-state index contributed by atoms with van der Waals surface area (Å²) in [6, 6.07) is 0. The summed E-state index contributed by atoms with van der Waals surface area (Å²) in [5.74, 6) is 0. The van der Waals surface area contributed by atoms with Crippen molar-refractivity contribution in [2.45, 2.75) is 76.5 Å². The second kappa shape index (κ2) is 10.5. The number of nitrogens with one attached hydrogen (secondary N) is 1. The first-order valence-electron chi connectivity index (χ1n) is 7.70. The highest BCUT2D eigenvalue weighted by atomic mass is 32.2. The zero-order chi connectivity index (χ0) is 15.5. The largest absolute Gasteiger partial charge is 0.395 e. The van der Waals surface area contributed by atoms with Gasteiger partial charge in [0.05, 0.1) is 6.61 Å². The van der Waals surface area contributed by atoms with Crippen LogP contribution in [-0.4, -0.2) is 36.1 Å². The smallest absolute Gasteiger partial charge is 0.283 e. The Kier molecular flexibility index (Phi) is 10.5. The Morgan fingerprint density at radius 3 is 1.95 bits per heavy atom. The first-order chi connectivity index (χ1) is 9.37. The molecule has 0 saturated heterocycles. The van der Waals surface area contributed by atoms with Crippen molar-refractivity contribution in [3.8, 4) is 0 Å². The van der Waals surface area contributed by atoms with Crippen LogP contribution >= 0.6 is 0 Å². The topological polar surface area (TPSA) is 86.6 Å². The second-order valence-corrected chi connectivity index (χ2v) is 7.43. The number of hydrogen-bond acceptors (Lipinski definition) is 4. The Bertz CT molecular complexity index is 332. The predicted molar refractivity (Wildman–Crippen MR) is 82.3 cm³/mol. The molecular weight excluding hydrogens is 278 g/mol. The van der Waals surface area contributed by atoms with Crippen LogP contribution in [0.5, 0.6) is 0 Å². The van der Waals surface area contributed by atoms with E-state index in [9.17, 15) is 13.0 Å². The maximum atomic E-state index is 11.4. The summed E-state index contributed by atoms with van der Waals surface area (Å²) < 4.78 is 32.1. The van der Waals surface area contributed by atoms with Gasteiger partial charge in [-0.25, -0.2) is 0 Å². The van der Waals surface area contributed by atoms with Gasteiger partial charge in [0.15, 0.2) is 0 Å². The molecule has 0 heterocycles. The van der Waals surface area contributed by atoms with Gasteiger partial charge in [-0.05, 0) is 13.3 Å². The van der Waals surface area contributed by atoms with Crippen molar-refractivity contribution in [3.63, 3.8) is 0 Å². The lowest BCUT2D eigenvalue weighted by atomic mass is 10.0. The number of unbranched alkanes of at least 4 members (excludes halogenated alkanes) is 7. The average Bonchev–Trinajstić information content (AvgIpc) is 2.38. The van der Waals surface area contributed by atoms with Crippen LogP contribution in [0.25, 0.3) is 0 Å². The lowest BCUT2D eigenvalue weighted by molar-refractivity contribution is 0.270. The molecule has 0 fully saturated rings. The van der Waals surface area contributed by atoms with E-state index in [4.69, 9.17) is 5.11 Å². The summed E-state index contributed by atoms with van der Waals surface area (Å²) in [6.07, 6.45) is 9.41. The molecule has 0 rings (SSSR count). The van der Waals surface area contributed by atoms with Crippen LogP contribution in [0.2, 0.25) is 0 Å². The molecule has 20 heavy (non-hydrogen) atoms. The normalized spacial score (nSPS) is 15.2. The van der Waals surface area contributed by atoms with Crippen molar-refractivity contribution >= 4 is 10.1 Å². The molecule has 0 bridgehead atoms. The molecule has 1 unspecified atom stereocenters.